The van der Waals surface area contributed by atoms with Crippen LogP contribution in [0.4, 0.5) is 0 Å². The summed E-state index contributed by atoms with van der Waals surface area (Å²) in [5, 5.41) is 29.6. The molecule has 0 aliphatic heterocycles. The first kappa shape index (κ1) is 21.4. The second-order valence-corrected chi connectivity index (χ2v) is 5.80. The number of nitrogens with zero attached hydrogens (tertiary/aromatic N) is 4. The lowest BCUT2D eigenvalue weighted by atomic mass is 9.83. The highest BCUT2D eigenvalue weighted by molar-refractivity contribution is 6.40. The van der Waals surface area contributed by atoms with E-state index >= 15 is 0 Å². The van der Waals surface area contributed by atoms with E-state index in [2.05, 4.69) is 15.5 Å². The molecule has 1 aromatic heterocycles. The summed E-state index contributed by atoms with van der Waals surface area (Å²) < 4.78 is 6.90. The molecule has 25 heavy (non-hydrogen) atoms. The van der Waals surface area contributed by atoms with Crippen LogP contribution in [-0.2, 0) is 0 Å². The number of nitrogens with two attached hydrogens (primary N) is 1. The molecule has 2 unspecified atom stereocenters. The van der Waals surface area contributed by atoms with Crippen molar-refractivity contribution in [1.82, 2.24) is 20.2 Å². The Hall–Kier alpha value is -1.68. The van der Waals surface area contributed by atoms with Gasteiger partial charge in [-0.2, -0.15) is 0 Å². The number of aromatic nitrogens is 4. The summed E-state index contributed by atoms with van der Waals surface area (Å²) in [6.45, 7) is 2.01. The summed E-state index contributed by atoms with van der Waals surface area (Å²) in [6, 6.07) is 7.40. The Bertz CT molecular complexity index is 626. The van der Waals surface area contributed by atoms with Gasteiger partial charge in [-0.25, -0.2) is 4.68 Å². The zero-order valence-electron chi connectivity index (χ0n) is 14.4. The number of halogens is 1. The van der Waals surface area contributed by atoms with Gasteiger partial charge in [0.15, 0.2) is 5.82 Å². The van der Waals surface area contributed by atoms with Crippen LogP contribution in [0.5, 0.6) is 5.75 Å². The maximum Gasteiger partial charge on any atom is 0.451 e. The van der Waals surface area contributed by atoms with Gasteiger partial charge in [-0.1, -0.05) is 25.0 Å². The molecule has 2 atom stereocenters. The van der Waals surface area contributed by atoms with E-state index in [-0.39, 0.29) is 24.5 Å². The van der Waals surface area contributed by atoms with Crippen molar-refractivity contribution in [3.63, 3.8) is 0 Å². The molecule has 2 rings (SSSR count). The molecule has 0 aliphatic carbocycles. The topological polar surface area (TPSA) is 119 Å². The third-order valence-electron chi connectivity index (χ3n) is 4.04. The molecular formula is C15H25BClN5O3. The van der Waals surface area contributed by atoms with Gasteiger partial charge in [0.25, 0.3) is 0 Å². The molecule has 4 N–H and O–H groups in total. The first-order chi connectivity index (χ1) is 11.5. The number of hydrogen-bond acceptors (Lipinski definition) is 7. The zero-order valence-corrected chi connectivity index (χ0v) is 15.3. The highest BCUT2D eigenvalue weighted by Crippen LogP contribution is 2.23. The highest BCUT2D eigenvalue weighted by atomic mass is 35.5. The second kappa shape index (κ2) is 10.3. The molecule has 0 saturated heterocycles. The standard InChI is InChI=1S/C15H24BN5O3.ClH/c1-11(12-6-8-13(24-2)9-7-12)21-15(18-19-20-21)14(17)5-3-4-10-16(22)23;/h6-9,11,14,22-23H,3-5,10,17H2,1-2H3;1H. The molecular weight excluding hydrogens is 344 g/mol. The van der Waals surface area contributed by atoms with Crippen molar-refractivity contribution in [2.24, 2.45) is 5.73 Å². The summed E-state index contributed by atoms with van der Waals surface area (Å²) in [7, 11) is 0.369. The van der Waals surface area contributed by atoms with Gasteiger partial charge in [0.05, 0.1) is 19.2 Å². The van der Waals surface area contributed by atoms with Gasteiger partial charge in [-0.3, -0.25) is 0 Å². The van der Waals surface area contributed by atoms with Gasteiger partial charge in [0.1, 0.15) is 5.75 Å². The van der Waals surface area contributed by atoms with Crippen LogP contribution >= 0.6 is 12.4 Å². The van der Waals surface area contributed by atoms with Crippen molar-refractivity contribution < 1.29 is 14.8 Å². The van der Waals surface area contributed by atoms with Gasteiger partial charge < -0.3 is 20.5 Å². The first-order valence-corrected chi connectivity index (χ1v) is 8.06. The largest absolute Gasteiger partial charge is 0.497 e. The van der Waals surface area contributed by atoms with Crippen molar-refractivity contribution in [2.75, 3.05) is 7.11 Å². The third-order valence-corrected chi connectivity index (χ3v) is 4.04. The van der Waals surface area contributed by atoms with Crippen LogP contribution in [0.1, 0.15) is 49.7 Å². The predicted octanol–water partition coefficient (Wildman–Crippen LogP) is 1.36. The number of benzene rings is 1. The van der Waals surface area contributed by atoms with E-state index in [1.807, 2.05) is 31.2 Å². The van der Waals surface area contributed by atoms with Crippen LogP contribution in [0.25, 0.3) is 0 Å². The molecule has 0 aliphatic rings. The minimum Gasteiger partial charge on any atom is -0.497 e. The van der Waals surface area contributed by atoms with Crippen molar-refractivity contribution >= 4 is 19.5 Å². The Labute approximate surface area is 153 Å². The molecule has 8 nitrogen and oxygen atoms in total. The van der Waals surface area contributed by atoms with E-state index in [0.717, 1.165) is 17.7 Å². The van der Waals surface area contributed by atoms with Crippen LogP contribution in [0.15, 0.2) is 24.3 Å². The lowest BCUT2D eigenvalue weighted by Crippen LogP contribution is -2.20. The quantitative estimate of drug-likeness (QED) is 0.451. The molecule has 138 valence electrons. The maximum atomic E-state index is 8.86. The van der Waals surface area contributed by atoms with Crippen LogP contribution in [0, 0.1) is 0 Å². The van der Waals surface area contributed by atoms with Gasteiger partial charge in [-0.15, -0.1) is 17.5 Å². The minimum absolute atomic E-state index is 0. The van der Waals surface area contributed by atoms with Gasteiger partial charge >= 0.3 is 7.12 Å². The van der Waals surface area contributed by atoms with Crippen molar-refractivity contribution in [3.8, 4) is 5.75 Å². The maximum absolute atomic E-state index is 8.86. The van der Waals surface area contributed by atoms with Crippen LogP contribution < -0.4 is 10.5 Å². The lowest BCUT2D eigenvalue weighted by molar-refractivity contribution is 0.400. The van der Waals surface area contributed by atoms with E-state index in [4.69, 9.17) is 20.5 Å². The van der Waals surface area contributed by atoms with Crippen LogP contribution in [0.2, 0.25) is 6.32 Å². The molecule has 0 radical (unpaired) electrons. The van der Waals surface area contributed by atoms with E-state index < -0.39 is 7.12 Å². The third kappa shape index (κ3) is 5.96. The van der Waals surface area contributed by atoms with Gasteiger partial charge in [0.2, 0.25) is 0 Å². The number of unbranched alkanes of at least 4 members (excludes halogenated alkanes) is 1. The molecule has 10 heteroatoms. The van der Waals surface area contributed by atoms with E-state index in [1.54, 1.807) is 11.8 Å². The summed E-state index contributed by atoms with van der Waals surface area (Å²) in [5.74, 6) is 1.42. The van der Waals surface area contributed by atoms with E-state index in [1.165, 1.54) is 0 Å². The summed E-state index contributed by atoms with van der Waals surface area (Å²) in [4.78, 5) is 0. The number of rotatable bonds is 9. The van der Waals surface area contributed by atoms with Crippen molar-refractivity contribution in [2.45, 2.75) is 44.6 Å². The minimum atomic E-state index is -1.26. The van der Waals surface area contributed by atoms with E-state index in [9.17, 15) is 0 Å². The molecule has 0 fully saturated rings. The summed E-state index contributed by atoms with van der Waals surface area (Å²) in [6.07, 6.45) is 2.51. The zero-order chi connectivity index (χ0) is 17.5. The Morgan fingerprint density at radius 3 is 2.52 bits per heavy atom. The number of tetrazole rings is 1. The molecule has 1 aromatic carbocycles. The smallest absolute Gasteiger partial charge is 0.451 e. The first-order valence-electron chi connectivity index (χ1n) is 8.06. The highest BCUT2D eigenvalue weighted by Gasteiger charge is 2.20. The Morgan fingerprint density at radius 2 is 1.92 bits per heavy atom. The Balaban J connectivity index is 0.00000312. The second-order valence-electron chi connectivity index (χ2n) is 5.80. The molecule has 0 spiro atoms. The number of methoxy groups -OCH3 is 1. The normalized spacial score (nSPS) is 13.0. The van der Waals surface area contributed by atoms with Crippen molar-refractivity contribution in [1.29, 1.82) is 0 Å². The predicted molar refractivity (Wildman–Crippen MR) is 97.7 cm³/mol. The lowest BCUT2D eigenvalue weighted by Gasteiger charge is -2.17. The fraction of sp³-hybridized carbons (Fsp3) is 0.533. The molecule has 0 amide bonds. The molecule has 0 bridgehead atoms. The Kier molecular flexibility index (Phi) is 8.84. The SMILES string of the molecule is COc1ccc(C(C)n2nnnc2C(N)CCCCB(O)O)cc1.Cl. The Morgan fingerprint density at radius 1 is 1.24 bits per heavy atom. The van der Waals surface area contributed by atoms with Crippen LogP contribution in [0.3, 0.4) is 0 Å². The fourth-order valence-electron chi connectivity index (χ4n) is 2.56. The van der Waals surface area contributed by atoms with Gasteiger partial charge in [-0.05, 0) is 47.8 Å². The number of ether oxygens (including phenoxy) is 1. The average molecular weight is 370 g/mol. The average Bonchev–Trinajstić information content (AvgIpc) is 3.07. The monoisotopic (exact) mass is 369 g/mol. The molecule has 0 saturated carbocycles. The molecule has 1 heterocycles. The fourth-order valence-corrected chi connectivity index (χ4v) is 2.56. The van der Waals surface area contributed by atoms with Gasteiger partial charge in [0, 0.05) is 0 Å². The summed E-state index contributed by atoms with van der Waals surface area (Å²) >= 11 is 0. The van der Waals surface area contributed by atoms with E-state index in [0.29, 0.717) is 25.0 Å². The summed E-state index contributed by atoms with van der Waals surface area (Å²) in [5.41, 5.74) is 7.27. The van der Waals surface area contributed by atoms with Crippen molar-refractivity contribution in [3.05, 3.63) is 35.7 Å². The number of hydrogen-bond donors (Lipinski definition) is 3. The molecule has 2 aromatic rings. The van der Waals surface area contributed by atoms with Crippen LogP contribution in [-0.4, -0.2) is 44.5 Å².